The maximum atomic E-state index is 13.7. The van der Waals surface area contributed by atoms with Gasteiger partial charge < -0.3 is 9.47 Å². The number of imidazole rings is 1. The summed E-state index contributed by atoms with van der Waals surface area (Å²) in [7, 11) is 3.11. The number of rotatable bonds is 4. The highest BCUT2D eigenvalue weighted by molar-refractivity contribution is 6.07. The molecule has 6 heteroatoms. The SMILES string of the molecule is COc1ccc2c(c1OC)c(=O)n(Cc1ccccc1)c1c2nc2ccccn21. The minimum absolute atomic E-state index is 0.141. The second-order valence-electron chi connectivity index (χ2n) is 6.81. The van der Waals surface area contributed by atoms with Gasteiger partial charge in [0.05, 0.1) is 26.2 Å². The molecule has 0 amide bonds. The Kier molecular flexibility index (Phi) is 3.98. The Balaban J connectivity index is 1.98. The van der Waals surface area contributed by atoms with Crippen molar-refractivity contribution in [3.63, 3.8) is 0 Å². The minimum atomic E-state index is -0.141. The van der Waals surface area contributed by atoms with Crippen molar-refractivity contribution in [1.82, 2.24) is 14.0 Å². The Morgan fingerprint density at radius 2 is 1.72 bits per heavy atom. The number of benzene rings is 2. The Morgan fingerprint density at radius 1 is 0.931 bits per heavy atom. The van der Waals surface area contributed by atoms with Gasteiger partial charge in [-0.1, -0.05) is 36.4 Å². The third kappa shape index (κ3) is 2.56. The maximum absolute atomic E-state index is 13.7. The van der Waals surface area contributed by atoms with E-state index < -0.39 is 0 Å². The van der Waals surface area contributed by atoms with Crippen LogP contribution in [0.2, 0.25) is 0 Å². The zero-order valence-corrected chi connectivity index (χ0v) is 16.1. The number of aromatic nitrogens is 3. The van der Waals surface area contributed by atoms with E-state index in [2.05, 4.69) is 0 Å². The van der Waals surface area contributed by atoms with Crippen molar-refractivity contribution >= 4 is 27.6 Å². The van der Waals surface area contributed by atoms with E-state index in [-0.39, 0.29) is 5.56 Å². The zero-order valence-electron chi connectivity index (χ0n) is 16.1. The Labute approximate surface area is 166 Å². The average molecular weight is 385 g/mol. The molecule has 0 saturated carbocycles. The van der Waals surface area contributed by atoms with E-state index in [1.807, 2.05) is 71.3 Å². The summed E-state index contributed by atoms with van der Waals surface area (Å²) in [5.74, 6) is 0.947. The van der Waals surface area contributed by atoms with Gasteiger partial charge in [-0.05, 0) is 29.8 Å². The van der Waals surface area contributed by atoms with E-state index in [4.69, 9.17) is 14.5 Å². The fourth-order valence-corrected chi connectivity index (χ4v) is 3.90. The topological polar surface area (TPSA) is 57.8 Å². The summed E-state index contributed by atoms with van der Waals surface area (Å²) in [4.78, 5) is 18.5. The summed E-state index contributed by atoms with van der Waals surface area (Å²) < 4.78 is 14.7. The number of methoxy groups -OCH3 is 2. The molecule has 6 nitrogen and oxygen atoms in total. The molecule has 2 aromatic carbocycles. The summed E-state index contributed by atoms with van der Waals surface area (Å²) >= 11 is 0. The van der Waals surface area contributed by atoms with Crippen LogP contribution in [0.25, 0.3) is 27.6 Å². The van der Waals surface area contributed by atoms with Crippen LogP contribution in [-0.2, 0) is 6.54 Å². The second kappa shape index (κ2) is 6.67. The number of nitrogens with zero attached hydrogens (tertiary/aromatic N) is 3. The quantitative estimate of drug-likeness (QED) is 0.471. The van der Waals surface area contributed by atoms with Crippen LogP contribution in [0.1, 0.15) is 5.56 Å². The summed E-state index contributed by atoms with van der Waals surface area (Å²) in [5.41, 5.74) is 3.18. The van der Waals surface area contributed by atoms with Crippen molar-refractivity contribution in [2.45, 2.75) is 6.54 Å². The van der Waals surface area contributed by atoms with Crippen LogP contribution in [0.3, 0.4) is 0 Å². The third-order valence-corrected chi connectivity index (χ3v) is 5.20. The van der Waals surface area contributed by atoms with Crippen LogP contribution in [0.5, 0.6) is 11.5 Å². The lowest BCUT2D eigenvalue weighted by Gasteiger charge is -2.14. The van der Waals surface area contributed by atoms with Crippen molar-refractivity contribution in [1.29, 1.82) is 0 Å². The van der Waals surface area contributed by atoms with E-state index >= 15 is 0 Å². The number of ether oxygens (including phenoxy) is 2. The predicted octanol–water partition coefficient (Wildman–Crippen LogP) is 3.87. The lowest BCUT2D eigenvalue weighted by molar-refractivity contribution is 0.358. The minimum Gasteiger partial charge on any atom is -0.493 e. The molecule has 0 N–H and O–H groups in total. The third-order valence-electron chi connectivity index (χ3n) is 5.20. The molecule has 3 heterocycles. The largest absolute Gasteiger partial charge is 0.493 e. The van der Waals surface area contributed by atoms with Gasteiger partial charge in [0.25, 0.3) is 5.56 Å². The molecule has 5 rings (SSSR count). The monoisotopic (exact) mass is 385 g/mol. The molecule has 0 aliphatic rings. The van der Waals surface area contributed by atoms with Gasteiger partial charge in [0.2, 0.25) is 0 Å². The fraction of sp³-hybridized carbons (Fsp3) is 0.130. The van der Waals surface area contributed by atoms with Gasteiger partial charge in [-0.25, -0.2) is 4.98 Å². The summed E-state index contributed by atoms with van der Waals surface area (Å²) in [6.45, 7) is 0.426. The van der Waals surface area contributed by atoms with Crippen LogP contribution in [0, 0.1) is 0 Å². The highest BCUT2D eigenvalue weighted by Crippen LogP contribution is 2.36. The molecule has 0 bridgehead atoms. The number of hydrogen-bond acceptors (Lipinski definition) is 4. The van der Waals surface area contributed by atoms with Crippen molar-refractivity contribution in [3.05, 3.63) is 82.8 Å². The van der Waals surface area contributed by atoms with E-state index in [1.54, 1.807) is 18.8 Å². The lowest BCUT2D eigenvalue weighted by atomic mass is 10.1. The zero-order chi connectivity index (χ0) is 20.0. The summed E-state index contributed by atoms with van der Waals surface area (Å²) in [5, 5.41) is 1.22. The van der Waals surface area contributed by atoms with Crippen LogP contribution >= 0.6 is 0 Å². The Morgan fingerprint density at radius 3 is 2.48 bits per heavy atom. The van der Waals surface area contributed by atoms with Crippen LogP contribution in [-0.4, -0.2) is 28.2 Å². The van der Waals surface area contributed by atoms with Gasteiger partial charge in [-0.3, -0.25) is 13.8 Å². The van der Waals surface area contributed by atoms with Gasteiger partial charge in [0.1, 0.15) is 16.8 Å². The first-order valence-corrected chi connectivity index (χ1v) is 9.31. The lowest BCUT2D eigenvalue weighted by Crippen LogP contribution is -2.23. The smallest absolute Gasteiger partial charge is 0.264 e. The van der Waals surface area contributed by atoms with Gasteiger partial charge in [-0.15, -0.1) is 0 Å². The molecule has 3 aromatic heterocycles. The second-order valence-corrected chi connectivity index (χ2v) is 6.81. The van der Waals surface area contributed by atoms with Crippen molar-refractivity contribution in [2.75, 3.05) is 14.2 Å². The average Bonchev–Trinajstić information content (AvgIpc) is 3.16. The highest BCUT2D eigenvalue weighted by atomic mass is 16.5. The molecule has 0 saturated heterocycles. The maximum Gasteiger partial charge on any atom is 0.264 e. The van der Waals surface area contributed by atoms with Crippen molar-refractivity contribution < 1.29 is 9.47 Å². The molecule has 0 aliphatic heterocycles. The Hall–Kier alpha value is -3.80. The highest BCUT2D eigenvalue weighted by Gasteiger charge is 2.21. The van der Waals surface area contributed by atoms with Crippen molar-refractivity contribution in [2.24, 2.45) is 0 Å². The molecular weight excluding hydrogens is 366 g/mol. The summed E-state index contributed by atoms with van der Waals surface area (Å²) in [6, 6.07) is 19.4. The number of hydrogen-bond donors (Lipinski definition) is 0. The Bertz CT molecular complexity index is 1420. The molecule has 0 aliphatic carbocycles. The van der Waals surface area contributed by atoms with Crippen molar-refractivity contribution in [3.8, 4) is 11.5 Å². The number of pyridine rings is 2. The predicted molar refractivity (Wildman–Crippen MR) is 113 cm³/mol. The van der Waals surface area contributed by atoms with E-state index in [0.29, 0.717) is 23.4 Å². The van der Waals surface area contributed by atoms with Crippen LogP contribution in [0.4, 0.5) is 0 Å². The normalized spacial score (nSPS) is 11.4. The van der Waals surface area contributed by atoms with E-state index in [0.717, 1.165) is 27.8 Å². The van der Waals surface area contributed by atoms with Gasteiger partial charge in [-0.2, -0.15) is 0 Å². The van der Waals surface area contributed by atoms with Crippen LogP contribution in [0.15, 0.2) is 71.7 Å². The first-order valence-electron chi connectivity index (χ1n) is 9.31. The molecule has 5 aromatic rings. The molecule has 0 spiro atoms. The molecule has 144 valence electrons. The van der Waals surface area contributed by atoms with E-state index in [1.165, 1.54) is 0 Å². The molecular formula is C23H19N3O3. The molecule has 0 atom stereocenters. The molecule has 0 radical (unpaired) electrons. The molecule has 0 unspecified atom stereocenters. The van der Waals surface area contributed by atoms with Gasteiger partial charge >= 0.3 is 0 Å². The molecule has 29 heavy (non-hydrogen) atoms. The van der Waals surface area contributed by atoms with Crippen LogP contribution < -0.4 is 15.0 Å². The number of fused-ring (bicyclic) bond motifs is 5. The fourth-order valence-electron chi connectivity index (χ4n) is 3.90. The standard InChI is InChI=1S/C23H19N3O3/c1-28-17-12-11-16-19(21(17)29-2)23(27)26(14-15-8-4-3-5-9-15)22-20(16)24-18-10-6-7-13-25(18)22/h3-13H,14H2,1-2H3. The first-order chi connectivity index (χ1) is 14.2. The summed E-state index contributed by atoms with van der Waals surface area (Å²) in [6.07, 6.45) is 1.93. The van der Waals surface area contributed by atoms with Gasteiger partial charge in [0, 0.05) is 11.6 Å². The van der Waals surface area contributed by atoms with Gasteiger partial charge in [0.15, 0.2) is 11.5 Å². The first kappa shape index (κ1) is 17.3. The molecule has 0 fully saturated rings. The van der Waals surface area contributed by atoms with E-state index in [9.17, 15) is 4.79 Å².